The molecule has 1 aromatic heterocycles. The fraction of sp³-hybridized carbons (Fsp3) is 0.385. The lowest BCUT2D eigenvalue weighted by Crippen LogP contribution is -2.48. The predicted octanol–water partition coefficient (Wildman–Crippen LogP) is 8.36. The third kappa shape index (κ3) is 5.29. The highest BCUT2D eigenvalue weighted by Crippen LogP contribution is 2.62. The number of furan rings is 1. The molecule has 1 aliphatic heterocycles. The maximum Gasteiger partial charge on any atom is 0.410 e. The number of ether oxygens (including phenoxy) is 1. The molecule has 4 aliphatic rings. The van der Waals surface area contributed by atoms with Gasteiger partial charge in [0.2, 0.25) is 5.78 Å². The minimum absolute atomic E-state index is 0.00709. The van der Waals surface area contributed by atoms with Crippen LogP contribution < -0.4 is 0 Å². The van der Waals surface area contributed by atoms with Crippen LogP contribution in [0.1, 0.15) is 91.1 Å². The third-order valence-electron chi connectivity index (χ3n) is 10.9. The van der Waals surface area contributed by atoms with E-state index >= 15 is 0 Å². The minimum Gasteiger partial charge on any atom is -0.461 e. The van der Waals surface area contributed by atoms with Gasteiger partial charge in [-0.15, -0.1) is 0 Å². The number of fused-ring (bicyclic) bond motifs is 9. The Morgan fingerprint density at radius 2 is 1.87 bits per heavy atom. The highest BCUT2D eigenvalue weighted by molar-refractivity contribution is 6.08. The summed E-state index contributed by atoms with van der Waals surface area (Å²) in [6.45, 7) is 5.41. The van der Waals surface area contributed by atoms with E-state index in [-0.39, 0.29) is 17.8 Å². The Balaban J connectivity index is 1.29. The molecule has 6 heteroatoms. The lowest BCUT2D eigenvalue weighted by Gasteiger charge is -2.43. The first-order valence-corrected chi connectivity index (χ1v) is 16.3. The fourth-order valence-corrected chi connectivity index (χ4v) is 8.28. The molecule has 1 amide bonds. The van der Waals surface area contributed by atoms with Crippen LogP contribution in [0.25, 0.3) is 10.8 Å². The first-order chi connectivity index (χ1) is 21.8. The van der Waals surface area contributed by atoms with E-state index in [4.69, 9.17) is 9.15 Å². The Bertz CT molecular complexity index is 1770. The van der Waals surface area contributed by atoms with Crippen LogP contribution in [0.15, 0.2) is 95.1 Å². The van der Waals surface area contributed by atoms with Crippen LogP contribution in [0.2, 0.25) is 0 Å². The quantitative estimate of drug-likeness (QED) is 0.187. The van der Waals surface area contributed by atoms with E-state index in [0.29, 0.717) is 37.3 Å². The molecule has 232 valence electrons. The molecule has 1 N–H and O–H groups in total. The molecule has 6 nitrogen and oxygen atoms in total. The molecule has 2 bridgehead atoms. The summed E-state index contributed by atoms with van der Waals surface area (Å²) in [5, 5.41) is 13.1. The molecule has 1 saturated carbocycles. The molecular weight excluding hydrogens is 562 g/mol. The molecule has 4 unspecified atom stereocenters. The smallest absolute Gasteiger partial charge is 0.410 e. The Hall–Kier alpha value is -4.16. The van der Waals surface area contributed by atoms with E-state index in [1.807, 2.05) is 29.2 Å². The van der Waals surface area contributed by atoms with Crippen LogP contribution in [0, 0.1) is 5.41 Å². The van der Waals surface area contributed by atoms with Crippen molar-refractivity contribution in [1.82, 2.24) is 4.90 Å². The van der Waals surface area contributed by atoms with Crippen LogP contribution >= 0.6 is 0 Å². The molecule has 45 heavy (non-hydrogen) atoms. The summed E-state index contributed by atoms with van der Waals surface area (Å²) in [6.07, 6.45) is 8.18. The minimum atomic E-state index is -0.683. The van der Waals surface area contributed by atoms with Gasteiger partial charge < -0.3 is 14.3 Å². The molecule has 3 aliphatic carbocycles. The number of allylic oxidation sites excluding steroid dienone is 2. The average molecular weight is 604 g/mol. The zero-order valence-corrected chi connectivity index (χ0v) is 26.1. The van der Waals surface area contributed by atoms with Crippen LogP contribution in [0.4, 0.5) is 4.79 Å². The zero-order chi connectivity index (χ0) is 31.2. The second kappa shape index (κ2) is 11.6. The number of rotatable bonds is 4. The molecule has 8 rings (SSSR count). The fourth-order valence-electron chi connectivity index (χ4n) is 8.28. The number of aliphatic hydroxyl groups is 1. The van der Waals surface area contributed by atoms with E-state index < -0.39 is 17.1 Å². The molecule has 1 saturated heterocycles. The van der Waals surface area contributed by atoms with Crippen LogP contribution in [-0.4, -0.2) is 40.1 Å². The summed E-state index contributed by atoms with van der Waals surface area (Å²) in [7, 11) is 0. The summed E-state index contributed by atoms with van der Waals surface area (Å²) in [5.74, 6) is 0.141. The van der Waals surface area contributed by atoms with Gasteiger partial charge in [-0.3, -0.25) is 9.69 Å². The van der Waals surface area contributed by atoms with Crippen molar-refractivity contribution in [3.63, 3.8) is 0 Å². The van der Waals surface area contributed by atoms with Gasteiger partial charge in [0.25, 0.3) is 0 Å². The van der Waals surface area contributed by atoms with Crippen LogP contribution in [0.5, 0.6) is 0 Å². The highest BCUT2D eigenvalue weighted by atomic mass is 16.6. The van der Waals surface area contributed by atoms with Crippen molar-refractivity contribution >= 4 is 22.6 Å². The van der Waals surface area contributed by atoms with Gasteiger partial charge in [0.05, 0.1) is 18.9 Å². The lowest BCUT2D eigenvalue weighted by atomic mass is 9.65. The van der Waals surface area contributed by atoms with E-state index in [1.54, 1.807) is 12.1 Å². The summed E-state index contributed by atoms with van der Waals surface area (Å²) in [6, 6.07) is 24.1. The standard InChI is InChI=1S/C39H41NO5/c1-26-8-6-19-38(2)34(32-17-15-27(22-30(41)16-14-26)23-33(32)36(42)35-13-7-21-44-35)18-20-39(38)25-40(37(43)45-39)24-29-11-5-10-28-9-3-4-12-31(28)29/h3-5,7-13,15,17,21,23,30,34,41H,6,14,16,18-20,22,24-25H2,1-2H3. The van der Waals surface area contributed by atoms with E-state index in [0.717, 1.165) is 59.6 Å². The summed E-state index contributed by atoms with van der Waals surface area (Å²) >= 11 is 0. The third-order valence-corrected chi connectivity index (χ3v) is 10.9. The summed E-state index contributed by atoms with van der Waals surface area (Å²) < 4.78 is 12.1. The number of carbonyl (C=O) groups excluding carboxylic acids is 2. The van der Waals surface area contributed by atoms with E-state index in [9.17, 15) is 14.7 Å². The second-order valence-corrected chi connectivity index (χ2v) is 13.6. The van der Waals surface area contributed by atoms with Gasteiger partial charge in [-0.2, -0.15) is 0 Å². The highest BCUT2D eigenvalue weighted by Gasteiger charge is 2.64. The van der Waals surface area contributed by atoms with Crippen molar-refractivity contribution < 1.29 is 23.8 Å². The number of ketones is 1. The molecule has 2 heterocycles. The van der Waals surface area contributed by atoms with E-state index in [1.165, 1.54) is 11.8 Å². The normalized spacial score (nSPS) is 27.0. The first-order valence-electron chi connectivity index (χ1n) is 16.3. The van der Waals surface area contributed by atoms with Gasteiger partial charge in [0, 0.05) is 17.5 Å². The molecular formula is C39H41NO5. The SMILES string of the molecule is CC1=CCCC2(C)C(CCC23CN(Cc2cccc4ccccc24)C(=O)O3)c2ccc(cc2C(=O)c2ccco2)CC(O)CC1. The van der Waals surface area contributed by atoms with Gasteiger partial charge in [-0.1, -0.05) is 73.2 Å². The maximum atomic E-state index is 13.9. The first kappa shape index (κ1) is 29.5. The number of aliphatic hydroxyl groups excluding tert-OH is 1. The lowest BCUT2D eigenvalue weighted by molar-refractivity contribution is -0.0373. The Morgan fingerprint density at radius 1 is 1.02 bits per heavy atom. The topological polar surface area (TPSA) is 80.0 Å². The van der Waals surface area contributed by atoms with Gasteiger partial charge in [0.15, 0.2) is 5.76 Å². The van der Waals surface area contributed by atoms with Crippen LogP contribution in [0.3, 0.4) is 0 Å². The Morgan fingerprint density at radius 3 is 2.71 bits per heavy atom. The largest absolute Gasteiger partial charge is 0.461 e. The van der Waals surface area contributed by atoms with Crippen LogP contribution in [-0.2, 0) is 17.7 Å². The Kier molecular flexibility index (Phi) is 7.65. The molecule has 4 atom stereocenters. The number of benzene rings is 3. The summed E-state index contributed by atoms with van der Waals surface area (Å²) in [5.41, 5.74) is 3.79. The van der Waals surface area contributed by atoms with Crippen molar-refractivity contribution in [2.24, 2.45) is 5.41 Å². The van der Waals surface area contributed by atoms with Crippen molar-refractivity contribution in [1.29, 1.82) is 0 Å². The van der Waals surface area contributed by atoms with Gasteiger partial charge in [-0.05, 0) is 103 Å². The zero-order valence-electron chi connectivity index (χ0n) is 26.1. The second-order valence-electron chi connectivity index (χ2n) is 13.6. The molecule has 1 spiro atoms. The summed E-state index contributed by atoms with van der Waals surface area (Å²) in [4.78, 5) is 29.5. The Labute approximate surface area is 264 Å². The number of hydrogen-bond donors (Lipinski definition) is 1. The van der Waals surface area contributed by atoms with Gasteiger partial charge >= 0.3 is 6.09 Å². The number of carbonyl (C=O) groups is 2. The molecule has 4 aromatic rings. The maximum absolute atomic E-state index is 13.9. The number of hydrogen-bond acceptors (Lipinski definition) is 5. The van der Waals surface area contributed by atoms with E-state index in [2.05, 4.69) is 56.3 Å². The number of nitrogens with zero attached hydrogens (tertiary/aromatic N) is 1. The molecule has 2 fully saturated rings. The van der Waals surface area contributed by atoms with Crippen molar-refractivity contribution in [3.05, 3.63) is 119 Å². The predicted molar refractivity (Wildman–Crippen MR) is 174 cm³/mol. The van der Waals surface area contributed by atoms with Gasteiger partial charge in [-0.25, -0.2) is 4.79 Å². The molecule has 0 radical (unpaired) electrons. The average Bonchev–Trinajstić information content (AvgIpc) is 3.75. The molecule has 3 aromatic carbocycles. The van der Waals surface area contributed by atoms with Crippen molar-refractivity contribution in [2.75, 3.05) is 6.54 Å². The van der Waals surface area contributed by atoms with Crippen molar-refractivity contribution in [3.8, 4) is 0 Å². The van der Waals surface area contributed by atoms with Gasteiger partial charge in [0.1, 0.15) is 5.60 Å². The number of amides is 1. The monoisotopic (exact) mass is 603 g/mol. The van der Waals surface area contributed by atoms with Crippen molar-refractivity contribution in [2.45, 2.75) is 83.0 Å².